The van der Waals surface area contributed by atoms with Crippen LogP contribution >= 0.6 is 0 Å². The van der Waals surface area contributed by atoms with Crippen molar-refractivity contribution < 1.29 is 9.53 Å². The summed E-state index contributed by atoms with van der Waals surface area (Å²) < 4.78 is 5.41. The maximum atomic E-state index is 11.0. The standard InChI is InChI=1S/C12H20O2/c1-8(2)11-6-7-12(5,9(11)3)14-10(4)13/h9,11H,1,6-7H2,2-5H3/t9?,11?,12-/m0/s1. The number of esters is 1. The van der Waals surface area contributed by atoms with Crippen molar-refractivity contribution in [3.05, 3.63) is 12.2 Å². The van der Waals surface area contributed by atoms with Crippen molar-refractivity contribution in [1.82, 2.24) is 0 Å². The predicted octanol–water partition coefficient (Wildman–Crippen LogP) is 2.93. The monoisotopic (exact) mass is 196 g/mol. The molecule has 0 aromatic rings. The van der Waals surface area contributed by atoms with E-state index < -0.39 is 0 Å². The molecule has 1 fully saturated rings. The highest BCUT2D eigenvalue weighted by Gasteiger charge is 2.44. The second-order valence-corrected chi connectivity index (χ2v) is 4.69. The summed E-state index contributed by atoms with van der Waals surface area (Å²) in [6.45, 7) is 11.7. The molecule has 0 amide bonds. The molecule has 0 aromatic heterocycles. The van der Waals surface area contributed by atoms with Crippen molar-refractivity contribution >= 4 is 5.97 Å². The molecule has 3 atom stereocenters. The van der Waals surface area contributed by atoms with Crippen molar-refractivity contribution in [2.45, 2.75) is 46.1 Å². The van der Waals surface area contributed by atoms with Gasteiger partial charge in [0, 0.05) is 12.8 Å². The molecule has 0 aromatic carbocycles. The Hall–Kier alpha value is -0.790. The van der Waals surface area contributed by atoms with Crippen LogP contribution in [0.1, 0.15) is 40.5 Å². The van der Waals surface area contributed by atoms with Gasteiger partial charge in [-0.15, -0.1) is 0 Å². The van der Waals surface area contributed by atoms with Crippen LogP contribution in [0.3, 0.4) is 0 Å². The average molecular weight is 196 g/mol. The number of rotatable bonds is 2. The Kier molecular flexibility index (Phi) is 3.03. The number of allylic oxidation sites excluding steroid dienone is 1. The molecule has 0 N–H and O–H groups in total. The summed E-state index contributed by atoms with van der Waals surface area (Å²) in [4.78, 5) is 11.0. The van der Waals surface area contributed by atoms with Crippen molar-refractivity contribution in [2.75, 3.05) is 0 Å². The Labute approximate surface area is 86.3 Å². The van der Waals surface area contributed by atoms with Crippen molar-refractivity contribution in [2.24, 2.45) is 11.8 Å². The van der Waals surface area contributed by atoms with Gasteiger partial charge in [-0.1, -0.05) is 19.1 Å². The Morgan fingerprint density at radius 1 is 1.50 bits per heavy atom. The lowest BCUT2D eigenvalue weighted by atomic mass is 9.85. The van der Waals surface area contributed by atoms with Crippen LogP contribution in [0.4, 0.5) is 0 Å². The van der Waals surface area contributed by atoms with Crippen LogP contribution in [-0.4, -0.2) is 11.6 Å². The lowest BCUT2D eigenvalue weighted by Gasteiger charge is -2.31. The van der Waals surface area contributed by atoms with Crippen LogP contribution in [0.15, 0.2) is 12.2 Å². The summed E-state index contributed by atoms with van der Waals surface area (Å²) in [6, 6.07) is 0. The Bertz CT molecular complexity index is 257. The van der Waals surface area contributed by atoms with Crippen molar-refractivity contribution in [3.63, 3.8) is 0 Å². The first-order valence-electron chi connectivity index (χ1n) is 5.22. The number of hydrogen-bond acceptors (Lipinski definition) is 2. The molecule has 0 saturated heterocycles. The fourth-order valence-electron chi connectivity index (χ4n) is 2.49. The summed E-state index contributed by atoms with van der Waals surface area (Å²) >= 11 is 0. The van der Waals surface area contributed by atoms with Crippen LogP contribution in [0.2, 0.25) is 0 Å². The predicted molar refractivity (Wildman–Crippen MR) is 56.9 cm³/mol. The second kappa shape index (κ2) is 3.76. The maximum Gasteiger partial charge on any atom is 0.303 e. The van der Waals surface area contributed by atoms with Crippen molar-refractivity contribution in [3.8, 4) is 0 Å². The van der Waals surface area contributed by atoms with Crippen LogP contribution in [0.25, 0.3) is 0 Å². The van der Waals surface area contributed by atoms with Crippen LogP contribution in [0.5, 0.6) is 0 Å². The van der Waals surface area contributed by atoms with Crippen LogP contribution in [0, 0.1) is 11.8 Å². The third kappa shape index (κ3) is 1.99. The minimum atomic E-state index is -0.282. The van der Waals surface area contributed by atoms with Gasteiger partial charge in [0.25, 0.3) is 0 Å². The molecule has 1 saturated carbocycles. The van der Waals surface area contributed by atoms with Crippen molar-refractivity contribution in [1.29, 1.82) is 0 Å². The molecule has 2 heteroatoms. The Morgan fingerprint density at radius 2 is 2.07 bits per heavy atom. The molecule has 80 valence electrons. The van der Waals surface area contributed by atoms with Gasteiger partial charge in [-0.05, 0) is 32.6 Å². The highest BCUT2D eigenvalue weighted by Crippen LogP contribution is 2.45. The number of carbonyl (C=O) groups is 1. The minimum absolute atomic E-state index is 0.179. The zero-order chi connectivity index (χ0) is 10.9. The van der Waals surface area contributed by atoms with Gasteiger partial charge in [0.05, 0.1) is 0 Å². The quantitative estimate of drug-likeness (QED) is 0.501. The van der Waals surface area contributed by atoms with Gasteiger partial charge in [-0.2, -0.15) is 0 Å². The minimum Gasteiger partial charge on any atom is -0.459 e. The fourth-order valence-corrected chi connectivity index (χ4v) is 2.49. The van der Waals surface area contributed by atoms with Gasteiger partial charge in [-0.3, -0.25) is 4.79 Å². The molecule has 2 unspecified atom stereocenters. The van der Waals surface area contributed by atoms with Gasteiger partial charge in [0.1, 0.15) is 5.60 Å². The molecule has 14 heavy (non-hydrogen) atoms. The first-order valence-corrected chi connectivity index (χ1v) is 5.22. The van der Waals surface area contributed by atoms with Gasteiger partial charge >= 0.3 is 5.97 Å². The Morgan fingerprint density at radius 3 is 2.43 bits per heavy atom. The van der Waals surface area contributed by atoms with E-state index in [1.165, 1.54) is 12.5 Å². The summed E-state index contributed by atoms with van der Waals surface area (Å²) in [7, 11) is 0. The highest BCUT2D eigenvalue weighted by molar-refractivity contribution is 5.66. The number of hydrogen-bond donors (Lipinski definition) is 0. The topological polar surface area (TPSA) is 26.3 Å². The second-order valence-electron chi connectivity index (χ2n) is 4.69. The van der Waals surface area contributed by atoms with E-state index in [1.807, 2.05) is 6.92 Å². The summed E-state index contributed by atoms with van der Waals surface area (Å²) in [5.41, 5.74) is 0.920. The molecule has 0 radical (unpaired) electrons. The van der Waals surface area contributed by atoms with Gasteiger partial charge in [0.2, 0.25) is 0 Å². The smallest absolute Gasteiger partial charge is 0.303 e. The lowest BCUT2D eigenvalue weighted by Crippen LogP contribution is -2.35. The molecular weight excluding hydrogens is 176 g/mol. The average Bonchev–Trinajstić information content (AvgIpc) is 2.27. The molecule has 1 aliphatic rings. The van der Waals surface area contributed by atoms with E-state index >= 15 is 0 Å². The SMILES string of the molecule is C=C(C)C1CC[C@](C)(OC(C)=O)C1C. The largest absolute Gasteiger partial charge is 0.459 e. The molecule has 1 aliphatic carbocycles. The van der Waals surface area contributed by atoms with Crippen LogP contribution in [-0.2, 0) is 9.53 Å². The van der Waals surface area contributed by atoms with Gasteiger partial charge in [-0.25, -0.2) is 0 Å². The first kappa shape index (κ1) is 11.3. The van der Waals surface area contributed by atoms with E-state index in [1.54, 1.807) is 0 Å². The van der Waals surface area contributed by atoms with E-state index in [4.69, 9.17) is 4.74 Å². The summed E-state index contributed by atoms with van der Waals surface area (Å²) in [5, 5.41) is 0. The Balaban J connectivity index is 2.75. The van der Waals surface area contributed by atoms with E-state index in [0.717, 1.165) is 12.8 Å². The molecule has 0 spiro atoms. The number of ether oxygens (including phenoxy) is 1. The van der Waals surface area contributed by atoms with E-state index in [9.17, 15) is 4.79 Å². The third-order valence-corrected chi connectivity index (χ3v) is 3.53. The summed E-state index contributed by atoms with van der Waals surface area (Å²) in [6.07, 6.45) is 2.03. The third-order valence-electron chi connectivity index (χ3n) is 3.53. The molecule has 2 nitrogen and oxygen atoms in total. The molecule has 0 heterocycles. The number of carbonyl (C=O) groups excluding carboxylic acids is 1. The molecular formula is C12H20O2. The van der Waals surface area contributed by atoms with E-state index in [0.29, 0.717) is 11.8 Å². The molecule has 0 aliphatic heterocycles. The van der Waals surface area contributed by atoms with Gasteiger partial charge in [0.15, 0.2) is 0 Å². The zero-order valence-electron chi connectivity index (χ0n) is 9.59. The first-order chi connectivity index (χ1) is 6.37. The molecule has 1 rings (SSSR count). The van der Waals surface area contributed by atoms with E-state index in [-0.39, 0.29) is 11.6 Å². The normalized spacial score (nSPS) is 36.9. The van der Waals surface area contributed by atoms with Gasteiger partial charge < -0.3 is 4.74 Å². The fraction of sp³-hybridized carbons (Fsp3) is 0.750. The molecule has 0 bridgehead atoms. The zero-order valence-corrected chi connectivity index (χ0v) is 9.59. The highest BCUT2D eigenvalue weighted by atomic mass is 16.6. The van der Waals surface area contributed by atoms with E-state index in [2.05, 4.69) is 20.4 Å². The lowest BCUT2D eigenvalue weighted by molar-refractivity contribution is -0.158. The maximum absolute atomic E-state index is 11.0. The summed E-state index contributed by atoms with van der Waals surface area (Å²) in [5.74, 6) is 0.699. The van der Waals surface area contributed by atoms with Crippen LogP contribution < -0.4 is 0 Å².